The van der Waals surface area contributed by atoms with Crippen molar-refractivity contribution in [3.63, 3.8) is 0 Å². The standard InChI is InChI=1S/C22H27N3O/c23-22(26)20-9-3-1-6-17(20)11-12-18-7-2-4-10-21(18)25-15-14-24-13-5-8-19(24)16-25/h1-4,6-7,9-10,19H,5,8,11-16H2,(H2,23,26). The second-order valence-electron chi connectivity index (χ2n) is 7.43. The largest absolute Gasteiger partial charge is 0.368 e. The van der Waals surface area contributed by atoms with E-state index in [2.05, 4.69) is 34.1 Å². The van der Waals surface area contributed by atoms with Gasteiger partial charge in [0.2, 0.25) is 5.91 Å². The maximum absolute atomic E-state index is 11.7. The summed E-state index contributed by atoms with van der Waals surface area (Å²) in [6.07, 6.45) is 4.42. The molecule has 0 bridgehead atoms. The van der Waals surface area contributed by atoms with Gasteiger partial charge < -0.3 is 10.6 Å². The average Bonchev–Trinajstić information content (AvgIpc) is 3.14. The van der Waals surface area contributed by atoms with E-state index in [-0.39, 0.29) is 5.91 Å². The zero-order valence-corrected chi connectivity index (χ0v) is 15.2. The number of carbonyl (C=O) groups excluding carboxylic acids is 1. The first-order chi connectivity index (χ1) is 12.7. The molecule has 0 spiro atoms. The lowest BCUT2D eigenvalue weighted by Crippen LogP contribution is -2.50. The predicted octanol–water partition coefficient (Wildman–Crippen LogP) is 2.86. The van der Waals surface area contributed by atoms with E-state index >= 15 is 0 Å². The number of anilines is 1. The number of benzene rings is 2. The van der Waals surface area contributed by atoms with Crippen LogP contribution in [0.5, 0.6) is 0 Å². The Morgan fingerprint density at radius 1 is 0.962 bits per heavy atom. The molecule has 0 radical (unpaired) electrons. The average molecular weight is 349 g/mol. The van der Waals surface area contributed by atoms with Crippen molar-refractivity contribution in [2.75, 3.05) is 31.1 Å². The van der Waals surface area contributed by atoms with Gasteiger partial charge in [-0.05, 0) is 55.5 Å². The maximum atomic E-state index is 11.7. The number of piperazine rings is 1. The van der Waals surface area contributed by atoms with Crippen LogP contribution in [0.3, 0.4) is 0 Å². The van der Waals surface area contributed by atoms with Gasteiger partial charge in [-0.25, -0.2) is 0 Å². The number of nitrogens with zero attached hydrogens (tertiary/aromatic N) is 2. The highest BCUT2D eigenvalue weighted by atomic mass is 16.1. The normalized spacial score (nSPS) is 20.2. The molecule has 1 atom stereocenters. The summed E-state index contributed by atoms with van der Waals surface area (Å²) >= 11 is 0. The Balaban J connectivity index is 1.51. The van der Waals surface area contributed by atoms with Crippen molar-refractivity contribution in [3.05, 3.63) is 65.2 Å². The first kappa shape index (κ1) is 17.1. The molecule has 4 heteroatoms. The third-order valence-corrected chi connectivity index (χ3v) is 5.87. The molecule has 1 unspecified atom stereocenters. The molecule has 1 amide bonds. The number of carbonyl (C=O) groups is 1. The molecule has 4 nitrogen and oxygen atoms in total. The minimum atomic E-state index is -0.341. The fraction of sp³-hybridized carbons (Fsp3) is 0.409. The van der Waals surface area contributed by atoms with Crippen LogP contribution in [-0.2, 0) is 12.8 Å². The Bertz CT molecular complexity index is 788. The molecule has 26 heavy (non-hydrogen) atoms. The Morgan fingerprint density at radius 2 is 1.69 bits per heavy atom. The topological polar surface area (TPSA) is 49.6 Å². The number of hydrogen-bond donors (Lipinski definition) is 1. The molecular formula is C22H27N3O. The lowest BCUT2D eigenvalue weighted by atomic mass is 9.98. The number of amides is 1. The van der Waals surface area contributed by atoms with E-state index in [0.717, 1.165) is 31.5 Å². The van der Waals surface area contributed by atoms with Crippen LogP contribution in [0.1, 0.15) is 34.3 Å². The van der Waals surface area contributed by atoms with Gasteiger partial charge in [0.15, 0.2) is 0 Å². The van der Waals surface area contributed by atoms with Crippen LogP contribution >= 0.6 is 0 Å². The minimum Gasteiger partial charge on any atom is -0.368 e. The van der Waals surface area contributed by atoms with Gasteiger partial charge in [-0.2, -0.15) is 0 Å². The van der Waals surface area contributed by atoms with E-state index in [1.54, 1.807) is 0 Å². The molecule has 2 heterocycles. The van der Waals surface area contributed by atoms with Crippen LogP contribution in [0.2, 0.25) is 0 Å². The van der Waals surface area contributed by atoms with Crippen LogP contribution in [0.4, 0.5) is 5.69 Å². The van der Waals surface area contributed by atoms with Crippen molar-refractivity contribution < 1.29 is 4.79 Å². The van der Waals surface area contributed by atoms with Gasteiger partial charge in [-0.3, -0.25) is 9.69 Å². The highest BCUT2D eigenvalue weighted by Crippen LogP contribution is 2.28. The quantitative estimate of drug-likeness (QED) is 0.903. The third-order valence-electron chi connectivity index (χ3n) is 5.87. The number of primary amides is 1. The van der Waals surface area contributed by atoms with E-state index < -0.39 is 0 Å². The Labute approximate surface area is 155 Å². The first-order valence-corrected chi connectivity index (χ1v) is 9.67. The van der Waals surface area contributed by atoms with Crippen LogP contribution in [-0.4, -0.2) is 43.0 Å². The molecule has 4 rings (SSSR count). The lowest BCUT2D eigenvalue weighted by molar-refractivity contribution is 0.0999. The Hall–Kier alpha value is -2.33. The van der Waals surface area contributed by atoms with Gasteiger partial charge in [0.25, 0.3) is 0 Å². The molecular weight excluding hydrogens is 322 g/mol. The smallest absolute Gasteiger partial charge is 0.248 e. The summed E-state index contributed by atoms with van der Waals surface area (Å²) in [7, 11) is 0. The summed E-state index contributed by atoms with van der Waals surface area (Å²) in [6, 6.07) is 17.1. The fourth-order valence-electron chi connectivity index (χ4n) is 4.49. The lowest BCUT2D eigenvalue weighted by Gasteiger charge is -2.39. The van der Waals surface area contributed by atoms with Crippen molar-refractivity contribution in [2.24, 2.45) is 5.73 Å². The van der Waals surface area contributed by atoms with Crippen molar-refractivity contribution in [1.82, 2.24) is 4.90 Å². The van der Waals surface area contributed by atoms with Crippen LogP contribution < -0.4 is 10.6 Å². The van der Waals surface area contributed by atoms with Gasteiger partial charge in [0.1, 0.15) is 0 Å². The first-order valence-electron chi connectivity index (χ1n) is 9.67. The van der Waals surface area contributed by atoms with Gasteiger partial charge in [-0.15, -0.1) is 0 Å². The van der Waals surface area contributed by atoms with Gasteiger partial charge in [0.05, 0.1) is 0 Å². The number of para-hydroxylation sites is 1. The molecule has 2 N–H and O–H groups in total. The van der Waals surface area contributed by atoms with Gasteiger partial charge >= 0.3 is 0 Å². The fourth-order valence-corrected chi connectivity index (χ4v) is 4.49. The highest BCUT2D eigenvalue weighted by molar-refractivity contribution is 5.94. The monoisotopic (exact) mass is 349 g/mol. The van der Waals surface area contributed by atoms with Gasteiger partial charge in [-0.1, -0.05) is 36.4 Å². The zero-order chi connectivity index (χ0) is 17.9. The number of aryl methyl sites for hydroxylation is 2. The van der Waals surface area contributed by atoms with Crippen LogP contribution in [0.15, 0.2) is 48.5 Å². The molecule has 0 aromatic heterocycles. The highest BCUT2D eigenvalue weighted by Gasteiger charge is 2.31. The number of rotatable bonds is 5. The number of fused-ring (bicyclic) bond motifs is 1. The van der Waals surface area contributed by atoms with E-state index in [0.29, 0.717) is 11.6 Å². The second kappa shape index (κ2) is 7.50. The molecule has 0 aliphatic carbocycles. The summed E-state index contributed by atoms with van der Waals surface area (Å²) in [5.41, 5.74) is 9.93. The summed E-state index contributed by atoms with van der Waals surface area (Å²) in [5.74, 6) is -0.341. The summed E-state index contributed by atoms with van der Waals surface area (Å²) in [4.78, 5) is 16.9. The molecule has 2 aromatic rings. The zero-order valence-electron chi connectivity index (χ0n) is 15.2. The van der Waals surface area contributed by atoms with Gasteiger partial charge in [0, 0.05) is 36.9 Å². The van der Waals surface area contributed by atoms with Crippen molar-refractivity contribution in [3.8, 4) is 0 Å². The number of hydrogen-bond acceptors (Lipinski definition) is 3. The summed E-state index contributed by atoms with van der Waals surface area (Å²) in [6.45, 7) is 4.67. The molecule has 0 saturated carbocycles. The van der Waals surface area contributed by atoms with Crippen molar-refractivity contribution >= 4 is 11.6 Å². The SMILES string of the molecule is NC(=O)c1ccccc1CCc1ccccc1N1CCN2CCCC2C1. The molecule has 2 aliphatic heterocycles. The summed E-state index contributed by atoms with van der Waals surface area (Å²) in [5, 5.41) is 0. The molecule has 2 aromatic carbocycles. The van der Waals surface area contributed by atoms with Crippen LogP contribution in [0.25, 0.3) is 0 Å². The molecule has 2 aliphatic rings. The molecule has 2 fully saturated rings. The Morgan fingerprint density at radius 3 is 2.54 bits per heavy atom. The maximum Gasteiger partial charge on any atom is 0.248 e. The van der Waals surface area contributed by atoms with E-state index in [1.165, 1.54) is 37.2 Å². The van der Waals surface area contributed by atoms with Crippen molar-refractivity contribution in [2.45, 2.75) is 31.7 Å². The second-order valence-corrected chi connectivity index (χ2v) is 7.43. The number of nitrogens with two attached hydrogens (primary N) is 1. The molecule has 136 valence electrons. The van der Waals surface area contributed by atoms with E-state index in [9.17, 15) is 4.79 Å². The van der Waals surface area contributed by atoms with E-state index in [4.69, 9.17) is 5.73 Å². The Kier molecular flexibility index (Phi) is 4.93. The molecule has 2 saturated heterocycles. The minimum absolute atomic E-state index is 0.341. The van der Waals surface area contributed by atoms with Crippen LogP contribution in [0, 0.1) is 0 Å². The van der Waals surface area contributed by atoms with E-state index in [1.807, 2.05) is 24.3 Å². The summed E-state index contributed by atoms with van der Waals surface area (Å²) < 4.78 is 0. The van der Waals surface area contributed by atoms with Crippen molar-refractivity contribution in [1.29, 1.82) is 0 Å². The predicted molar refractivity (Wildman–Crippen MR) is 106 cm³/mol. The third kappa shape index (κ3) is 3.47.